The van der Waals surface area contributed by atoms with E-state index in [4.69, 9.17) is 18.9 Å². The fourth-order valence-corrected chi connectivity index (χ4v) is 5.59. The van der Waals surface area contributed by atoms with Gasteiger partial charge in [-0.25, -0.2) is 19.2 Å². The van der Waals surface area contributed by atoms with E-state index in [0.717, 1.165) is 62.5 Å². The van der Waals surface area contributed by atoms with Crippen LogP contribution in [-0.4, -0.2) is 49.5 Å². The van der Waals surface area contributed by atoms with Crippen LogP contribution in [0.5, 0.6) is 11.5 Å². The van der Waals surface area contributed by atoms with Crippen molar-refractivity contribution in [3.8, 4) is 11.5 Å². The van der Waals surface area contributed by atoms with Gasteiger partial charge in [-0.05, 0) is 127 Å². The van der Waals surface area contributed by atoms with E-state index in [-0.39, 0.29) is 0 Å². The quantitative estimate of drug-likeness (QED) is 0.0330. The average Bonchev–Trinajstić information content (AvgIpc) is 3.25. The Morgan fingerprint density at radius 1 is 0.448 bits per heavy atom. The Kier molecular flexibility index (Phi) is 16.7. The average molecular weight is 781 g/mol. The molecule has 0 aliphatic heterocycles. The molecule has 58 heavy (non-hydrogen) atoms. The van der Waals surface area contributed by atoms with Crippen molar-refractivity contribution in [2.75, 3.05) is 13.2 Å². The molecule has 0 fully saturated rings. The first-order chi connectivity index (χ1) is 28.3. The number of carbonyl (C=O) groups is 4. The summed E-state index contributed by atoms with van der Waals surface area (Å²) in [4.78, 5) is 59.1. The van der Waals surface area contributed by atoms with E-state index < -0.39 is 23.9 Å². The second-order valence-electron chi connectivity index (χ2n) is 13.5. The maximum Gasteiger partial charge on any atom is 0.343 e. The van der Waals surface area contributed by atoms with E-state index >= 15 is 0 Å². The van der Waals surface area contributed by atoms with Crippen LogP contribution in [0.1, 0.15) is 118 Å². The predicted molar refractivity (Wildman–Crippen MR) is 225 cm³/mol. The van der Waals surface area contributed by atoms with Gasteiger partial charge in [0.2, 0.25) is 0 Å². The van der Waals surface area contributed by atoms with E-state index in [1.54, 1.807) is 109 Å². The Balaban J connectivity index is 1.07. The highest BCUT2D eigenvalue weighted by molar-refractivity contribution is 5.94. The molecule has 0 unspecified atom stereocenters. The molecule has 0 amide bonds. The Morgan fingerprint density at radius 2 is 0.810 bits per heavy atom. The van der Waals surface area contributed by atoms with Crippen molar-refractivity contribution in [3.05, 3.63) is 155 Å². The van der Waals surface area contributed by atoms with Gasteiger partial charge in [-0.1, -0.05) is 70.6 Å². The molecule has 5 aromatic rings. The Bertz CT molecular complexity index is 2010. The largest absolute Gasteiger partial charge is 0.462 e. The van der Waals surface area contributed by atoms with Gasteiger partial charge in [0, 0.05) is 12.4 Å². The third-order valence-electron chi connectivity index (χ3n) is 8.91. The number of rotatable bonds is 20. The van der Waals surface area contributed by atoms with Gasteiger partial charge in [0.05, 0.1) is 46.8 Å². The summed E-state index contributed by atoms with van der Waals surface area (Å²) in [6.07, 6.45) is 11.6. The number of unbranched alkanes of at least 4 members (excludes halogenated alkanes) is 6. The van der Waals surface area contributed by atoms with Gasteiger partial charge in [-0.2, -0.15) is 0 Å². The Morgan fingerprint density at radius 3 is 1.19 bits per heavy atom. The lowest BCUT2D eigenvalue weighted by Gasteiger charge is -2.07. The molecule has 0 N–H and O–H groups in total. The van der Waals surface area contributed by atoms with Crippen molar-refractivity contribution in [2.24, 2.45) is 9.98 Å². The molecular weight excluding hydrogens is 733 g/mol. The normalized spacial score (nSPS) is 11.1. The summed E-state index contributed by atoms with van der Waals surface area (Å²) in [5.41, 5.74) is 4.51. The molecule has 0 radical (unpaired) electrons. The molecule has 0 atom stereocenters. The third kappa shape index (κ3) is 13.8. The minimum atomic E-state index is -0.529. The van der Waals surface area contributed by atoms with Crippen LogP contribution in [0.3, 0.4) is 0 Å². The fraction of sp³-hybridized carbons (Fsp3) is 0.250. The maximum atomic E-state index is 12.7. The van der Waals surface area contributed by atoms with Crippen LogP contribution < -0.4 is 9.47 Å². The summed E-state index contributed by atoms with van der Waals surface area (Å²) in [5, 5.41) is 0. The standard InChI is InChI=1S/C48H48N2O8/c1-3-5-7-9-30-55-45(51)37-18-26-43(27-19-37)57-47(53)39-14-22-41(23-15-39)49-33-35-12-11-13-36(32-35)34-50-42-24-16-40(17-25-42)48(54)58-44-28-20-38(21-29-44)46(52)56-31-10-8-6-4-2/h11-29,32-34H,3-10,30-31H2,1-2H3. The minimum absolute atomic E-state index is 0.320. The fourth-order valence-electron chi connectivity index (χ4n) is 5.59. The number of ether oxygens (including phenoxy) is 4. The second-order valence-corrected chi connectivity index (χ2v) is 13.5. The van der Waals surface area contributed by atoms with Crippen LogP contribution in [-0.2, 0) is 9.47 Å². The van der Waals surface area contributed by atoms with Crippen LogP contribution in [0.2, 0.25) is 0 Å². The first kappa shape index (κ1) is 42.5. The molecule has 0 heterocycles. The lowest BCUT2D eigenvalue weighted by Crippen LogP contribution is -2.09. The molecule has 0 saturated carbocycles. The first-order valence-corrected chi connectivity index (χ1v) is 19.7. The maximum absolute atomic E-state index is 12.7. The highest BCUT2D eigenvalue weighted by atomic mass is 16.5. The highest BCUT2D eigenvalue weighted by Gasteiger charge is 2.13. The van der Waals surface area contributed by atoms with Crippen molar-refractivity contribution >= 4 is 47.7 Å². The summed E-state index contributed by atoms with van der Waals surface area (Å²) < 4.78 is 21.6. The highest BCUT2D eigenvalue weighted by Crippen LogP contribution is 2.20. The van der Waals surface area contributed by atoms with Gasteiger partial charge < -0.3 is 18.9 Å². The van der Waals surface area contributed by atoms with Gasteiger partial charge in [0.1, 0.15) is 11.5 Å². The predicted octanol–water partition coefficient (Wildman–Crippen LogP) is 11.1. The Hall–Kier alpha value is -6.68. The SMILES string of the molecule is CCCCCCOC(=O)c1ccc(OC(=O)c2ccc(N=Cc3cccc(C=Nc4ccc(C(=O)Oc5ccc(C(=O)OCCCCCC)cc5)cc4)c3)cc2)cc1. The van der Waals surface area contributed by atoms with Crippen LogP contribution in [0.4, 0.5) is 11.4 Å². The number of aliphatic imine (C=N–C) groups is 2. The molecule has 298 valence electrons. The smallest absolute Gasteiger partial charge is 0.343 e. The molecule has 5 rings (SSSR count). The summed E-state index contributed by atoms with van der Waals surface area (Å²) in [6, 6.07) is 33.7. The van der Waals surface area contributed by atoms with E-state index in [0.29, 0.717) is 58.3 Å². The second kappa shape index (κ2) is 22.8. The van der Waals surface area contributed by atoms with Gasteiger partial charge in [-0.3, -0.25) is 9.98 Å². The van der Waals surface area contributed by atoms with E-state index in [1.165, 1.54) is 0 Å². The van der Waals surface area contributed by atoms with Crippen LogP contribution >= 0.6 is 0 Å². The van der Waals surface area contributed by atoms with Crippen molar-refractivity contribution < 1.29 is 38.1 Å². The zero-order chi connectivity index (χ0) is 41.0. The lowest BCUT2D eigenvalue weighted by atomic mass is 10.1. The molecule has 0 saturated heterocycles. The van der Waals surface area contributed by atoms with E-state index in [9.17, 15) is 19.2 Å². The summed E-state index contributed by atoms with van der Waals surface area (Å²) >= 11 is 0. The molecule has 5 aromatic carbocycles. The molecule has 0 spiro atoms. The molecule has 0 aliphatic rings. The van der Waals surface area contributed by atoms with Gasteiger partial charge >= 0.3 is 23.9 Å². The zero-order valence-electron chi connectivity index (χ0n) is 32.9. The van der Waals surface area contributed by atoms with Crippen molar-refractivity contribution in [2.45, 2.75) is 65.2 Å². The summed E-state index contributed by atoms with van der Waals surface area (Å²) in [7, 11) is 0. The van der Waals surface area contributed by atoms with Gasteiger partial charge in [0.15, 0.2) is 0 Å². The van der Waals surface area contributed by atoms with Crippen LogP contribution in [0.15, 0.2) is 131 Å². The number of carbonyl (C=O) groups excluding carboxylic acids is 4. The molecular formula is C48H48N2O8. The molecule has 0 aliphatic carbocycles. The summed E-state index contributed by atoms with van der Waals surface area (Å²) in [5.74, 6) is -1.21. The molecule has 10 heteroatoms. The topological polar surface area (TPSA) is 130 Å². The third-order valence-corrected chi connectivity index (χ3v) is 8.91. The molecule has 0 bridgehead atoms. The van der Waals surface area contributed by atoms with E-state index in [2.05, 4.69) is 23.8 Å². The van der Waals surface area contributed by atoms with Gasteiger partial charge in [-0.15, -0.1) is 0 Å². The number of benzene rings is 5. The number of hydrogen-bond donors (Lipinski definition) is 0. The van der Waals surface area contributed by atoms with Crippen LogP contribution in [0, 0.1) is 0 Å². The molecule has 10 nitrogen and oxygen atoms in total. The molecule has 0 aromatic heterocycles. The summed E-state index contributed by atoms with van der Waals surface area (Å²) in [6.45, 7) is 5.03. The van der Waals surface area contributed by atoms with E-state index in [1.807, 2.05) is 24.3 Å². The Labute approximate surface area is 339 Å². The van der Waals surface area contributed by atoms with Crippen molar-refractivity contribution in [1.82, 2.24) is 0 Å². The van der Waals surface area contributed by atoms with Crippen molar-refractivity contribution in [3.63, 3.8) is 0 Å². The number of hydrogen-bond acceptors (Lipinski definition) is 10. The lowest BCUT2D eigenvalue weighted by molar-refractivity contribution is 0.0488. The minimum Gasteiger partial charge on any atom is -0.462 e. The van der Waals surface area contributed by atoms with Crippen molar-refractivity contribution in [1.29, 1.82) is 0 Å². The zero-order valence-corrected chi connectivity index (χ0v) is 32.9. The first-order valence-electron chi connectivity index (χ1n) is 19.7. The number of esters is 4. The van der Waals surface area contributed by atoms with Gasteiger partial charge in [0.25, 0.3) is 0 Å². The monoisotopic (exact) mass is 780 g/mol. The number of nitrogens with zero attached hydrogens (tertiary/aromatic N) is 2. The van der Waals surface area contributed by atoms with Crippen LogP contribution in [0.25, 0.3) is 0 Å².